The minimum Gasteiger partial charge on any atom is -0.370 e. The third-order valence-corrected chi connectivity index (χ3v) is 4.74. The number of nitrogens with zero attached hydrogens (tertiary/aromatic N) is 4. The van der Waals surface area contributed by atoms with Gasteiger partial charge in [-0.1, -0.05) is 60.7 Å². The molecule has 5 nitrogen and oxygen atoms in total. The largest absolute Gasteiger partial charge is 0.370 e. The van der Waals surface area contributed by atoms with Crippen molar-refractivity contribution in [2.45, 2.75) is 26.2 Å². The monoisotopic (exact) mass is 370 g/mol. The van der Waals surface area contributed by atoms with Crippen molar-refractivity contribution >= 4 is 0 Å². The highest BCUT2D eigenvalue weighted by molar-refractivity contribution is 5.61. The average Bonchev–Trinajstić information content (AvgIpc) is 3.19. The molecule has 0 aliphatic rings. The van der Waals surface area contributed by atoms with Crippen LogP contribution >= 0.6 is 0 Å². The van der Waals surface area contributed by atoms with E-state index >= 15 is 0 Å². The maximum Gasteiger partial charge on any atom is 0.115 e. The van der Waals surface area contributed by atoms with E-state index in [9.17, 15) is 0 Å². The summed E-state index contributed by atoms with van der Waals surface area (Å²) >= 11 is 0. The summed E-state index contributed by atoms with van der Waals surface area (Å²) < 4.78 is 8.19. The van der Waals surface area contributed by atoms with Gasteiger partial charge < -0.3 is 9.30 Å². The smallest absolute Gasteiger partial charge is 0.115 e. The molecule has 0 amide bonds. The lowest BCUT2D eigenvalue weighted by Crippen LogP contribution is -2.12. The van der Waals surface area contributed by atoms with E-state index in [0.717, 1.165) is 28.2 Å². The second kappa shape index (κ2) is 8.59. The first kappa shape index (κ1) is 18.1. The molecule has 0 bridgehead atoms. The Morgan fingerprint density at radius 1 is 0.893 bits per heavy atom. The van der Waals surface area contributed by atoms with Crippen molar-refractivity contribution < 1.29 is 4.74 Å². The fourth-order valence-electron chi connectivity index (χ4n) is 3.23. The van der Waals surface area contributed by atoms with Crippen LogP contribution in [-0.2, 0) is 18.0 Å². The molecule has 0 saturated carbocycles. The summed E-state index contributed by atoms with van der Waals surface area (Å²) in [6, 6.07) is 22.4. The molecule has 2 heterocycles. The molecule has 0 aliphatic heterocycles. The number of benzene rings is 2. The second-order valence-corrected chi connectivity index (χ2v) is 6.60. The summed E-state index contributed by atoms with van der Waals surface area (Å²) in [4.78, 5) is 13.1. The summed E-state index contributed by atoms with van der Waals surface area (Å²) in [5.74, 6) is 0. The Morgan fingerprint density at radius 2 is 1.64 bits per heavy atom. The summed E-state index contributed by atoms with van der Waals surface area (Å²) in [6.07, 6.45) is 5.21. The van der Waals surface area contributed by atoms with Gasteiger partial charge >= 0.3 is 0 Å². The first-order valence-corrected chi connectivity index (χ1v) is 9.31. The van der Waals surface area contributed by atoms with E-state index in [1.807, 2.05) is 48.8 Å². The zero-order valence-electron chi connectivity index (χ0n) is 15.8. The standard InChI is InChI=1S/C23H22N4O/c1-18(21-12-13-24-16-25-21)27-17-26-23(20-10-6-3-7-11-20)22(27)15-28-14-19-8-4-2-5-9-19/h2-13,16-18H,14-15H2,1H3. The summed E-state index contributed by atoms with van der Waals surface area (Å²) in [5.41, 5.74) is 5.15. The SMILES string of the molecule is CC(c1ccncn1)n1cnc(-c2ccccc2)c1COCc1ccccc1. The van der Waals surface area contributed by atoms with Crippen molar-refractivity contribution in [3.63, 3.8) is 0 Å². The Labute approximate surface area is 164 Å². The van der Waals surface area contributed by atoms with Crippen molar-refractivity contribution in [1.29, 1.82) is 0 Å². The highest BCUT2D eigenvalue weighted by Crippen LogP contribution is 2.27. The first-order valence-electron chi connectivity index (χ1n) is 9.31. The van der Waals surface area contributed by atoms with Crippen molar-refractivity contribution in [1.82, 2.24) is 19.5 Å². The Hall–Kier alpha value is -3.31. The van der Waals surface area contributed by atoms with Gasteiger partial charge in [-0.3, -0.25) is 0 Å². The maximum absolute atomic E-state index is 6.06. The van der Waals surface area contributed by atoms with Gasteiger partial charge in [0.15, 0.2) is 0 Å². The molecule has 0 N–H and O–H groups in total. The number of aromatic nitrogens is 4. The molecule has 4 aromatic rings. The Morgan fingerprint density at radius 3 is 2.36 bits per heavy atom. The van der Waals surface area contributed by atoms with Crippen molar-refractivity contribution in [2.24, 2.45) is 0 Å². The van der Waals surface area contributed by atoms with Crippen molar-refractivity contribution in [3.05, 3.63) is 103 Å². The van der Waals surface area contributed by atoms with E-state index in [2.05, 4.69) is 45.7 Å². The van der Waals surface area contributed by atoms with Crippen LogP contribution in [0.25, 0.3) is 11.3 Å². The Kier molecular flexibility index (Phi) is 5.54. The quantitative estimate of drug-likeness (QED) is 0.474. The van der Waals surface area contributed by atoms with Crippen LogP contribution < -0.4 is 0 Å². The van der Waals surface area contributed by atoms with Crippen molar-refractivity contribution in [2.75, 3.05) is 0 Å². The number of ether oxygens (including phenoxy) is 1. The van der Waals surface area contributed by atoms with Crippen LogP contribution in [0, 0.1) is 0 Å². The summed E-state index contributed by atoms with van der Waals surface area (Å²) in [5, 5.41) is 0. The van der Waals surface area contributed by atoms with Gasteiger partial charge in [-0.15, -0.1) is 0 Å². The zero-order valence-corrected chi connectivity index (χ0v) is 15.8. The van der Waals surface area contributed by atoms with E-state index in [4.69, 9.17) is 9.72 Å². The minimum absolute atomic E-state index is 0.0308. The van der Waals surface area contributed by atoms with Gasteiger partial charge in [0, 0.05) is 11.8 Å². The number of rotatable bonds is 7. The molecule has 5 heteroatoms. The lowest BCUT2D eigenvalue weighted by molar-refractivity contribution is 0.102. The molecular weight excluding hydrogens is 348 g/mol. The first-order chi connectivity index (χ1) is 13.8. The molecule has 0 aliphatic carbocycles. The van der Waals surface area contributed by atoms with E-state index in [1.54, 1.807) is 12.5 Å². The highest BCUT2D eigenvalue weighted by Gasteiger charge is 2.18. The predicted molar refractivity (Wildman–Crippen MR) is 108 cm³/mol. The predicted octanol–water partition coefficient (Wildman–Crippen LogP) is 4.67. The van der Waals surface area contributed by atoms with Gasteiger partial charge in [-0.05, 0) is 18.6 Å². The van der Waals surface area contributed by atoms with Crippen LogP contribution in [-0.4, -0.2) is 19.5 Å². The van der Waals surface area contributed by atoms with E-state index in [1.165, 1.54) is 0 Å². The molecule has 2 aromatic heterocycles. The zero-order chi connectivity index (χ0) is 19.2. The summed E-state index contributed by atoms with van der Waals surface area (Å²) in [7, 11) is 0. The fraction of sp³-hybridized carbons (Fsp3) is 0.174. The number of hydrogen-bond donors (Lipinski definition) is 0. The number of imidazole rings is 1. The van der Waals surface area contributed by atoms with E-state index in [-0.39, 0.29) is 6.04 Å². The molecule has 28 heavy (non-hydrogen) atoms. The second-order valence-electron chi connectivity index (χ2n) is 6.60. The van der Waals surface area contributed by atoms with Crippen LogP contribution in [0.4, 0.5) is 0 Å². The van der Waals surface area contributed by atoms with Gasteiger partial charge in [0.2, 0.25) is 0 Å². The Bertz CT molecular complexity index is 1000. The molecule has 140 valence electrons. The third kappa shape index (κ3) is 4.00. The molecule has 4 rings (SSSR count). The van der Waals surface area contributed by atoms with E-state index < -0.39 is 0 Å². The third-order valence-electron chi connectivity index (χ3n) is 4.74. The van der Waals surface area contributed by atoms with Crippen LogP contribution in [0.3, 0.4) is 0 Å². The lowest BCUT2D eigenvalue weighted by Gasteiger charge is -2.17. The molecule has 1 atom stereocenters. The normalized spacial score (nSPS) is 12.0. The van der Waals surface area contributed by atoms with Gasteiger partial charge in [-0.25, -0.2) is 15.0 Å². The Balaban J connectivity index is 1.63. The van der Waals surface area contributed by atoms with Gasteiger partial charge in [0.05, 0.1) is 42.7 Å². The molecule has 2 aromatic carbocycles. The minimum atomic E-state index is 0.0308. The van der Waals surface area contributed by atoms with Gasteiger partial charge in [0.1, 0.15) is 6.33 Å². The molecular formula is C23H22N4O. The van der Waals surface area contributed by atoms with Gasteiger partial charge in [0.25, 0.3) is 0 Å². The van der Waals surface area contributed by atoms with Gasteiger partial charge in [-0.2, -0.15) is 0 Å². The lowest BCUT2D eigenvalue weighted by atomic mass is 10.1. The maximum atomic E-state index is 6.06. The van der Waals surface area contributed by atoms with Crippen LogP contribution in [0.15, 0.2) is 85.6 Å². The molecule has 0 spiro atoms. The fourth-order valence-corrected chi connectivity index (χ4v) is 3.23. The molecule has 0 fully saturated rings. The van der Waals surface area contributed by atoms with E-state index in [0.29, 0.717) is 13.2 Å². The number of hydrogen-bond acceptors (Lipinski definition) is 4. The van der Waals surface area contributed by atoms with Crippen LogP contribution in [0.5, 0.6) is 0 Å². The van der Waals surface area contributed by atoms with Crippen LogP contribution in [0.1, 0.15) is 29.9 Å². The van der Waals surface area contributed by atoms with Crippen LogP contribution in [0.2, 0.25) is 0 Å². The molecule has 1 unspecified atom stereocenters. The average molecular weight is 370 g/mol. The topological polar surface area (TPSA) is 52.8 Å². The van der Waals surface area contributed by atoms with Crippen molar-refractivity contribution in [3.8, 4) is 11.3 Å². The molecule has 0 radical (unpaired) electrons. The highest BCUT2D eigenvalue weighted by atomic mass is 16.5. The summed E-state index contributed by atoms with van der Waals surface area (Å²) in [6.45, 7) is 3.14. The molecule has 0 saturated heterocycles.